The molecule has 0 aromatic rings. The zero-order chi connectivity index (χ0) is 3.58. The fourth-order valence-corrected chi connectivity index (χ4v) is 0. The van der Waals surface area contributed by atoms with Gasteiger partial charge < -0.3 is 91.7 Å². The van der Waals surface area contributed by atoms with Crippen molar-refractivity contribution in [2.24, 2.45) is 0 Å². The summed E-state index contributed by atoms with van der Waals surface area (Å²) in [6, 6.07) is 0. The van der Waals surface area contributed by atoms with Gasteiger partial charge in [-0.15, -0.1) is 0 Å². The van der Waals surface area contributed by atoms with Gasteiger partial charge in [0.2, 0.25) is 0 Å². The molecule has 19 heavy (non-hydrogen) atoms. The van der Waals surface area contributed by atoms with Crippen LogP contribution < -0.4 is 0 Å². The Labute approximate surface area is 129 Å². The van der Waals surface area contributed by atoms with Gasteiger partial charge >= 0.3 is 36.9 Å². The first-order valence-corrected chi connectivity index (χ1v) is 0.775. The molecule has 0 aliphatic rings. The van der Waals surface area contributed by atoms with Crippen LogP contribution in [0.15, 0.2) is 0 Å². The Morgan fingerprint density at radius 2 is 0.316 bits per heavy atom. The zero-order valence-corrected chi connectivity index (χ0v) is 8.92. The molecule has 0 rings (SSSR count). The molecule has 0 aliphatic heterocycles. The summed E-state index contributed by atoms with van der Waals surface area (Å²) >= 11 is 0. The topological polar surface area (TPSA) is 502 Å². The molecule has 0 heterocycles. The van der Waals surface area contributed by atoms with E-state index in [2.05, 4.69) is 0 Å². The second-order valence-corrected chi connectivity index (χ2v) is 0.346. The van der Waals surface area contributed by atoms with E-state index >= 15 is 0 Å². The third-order valence-electron chi connectivity index (χ3n) is 0. The summed E-state index contributed by atoms with van der Waals surface area (Å²) in [4.78, 5) is 0. The van der Waals surface area contributed by atoms with Crippen LogP contribution in [-0.4, -0.2) is 129 Å². The summed E-state index contributed by atoms with van der Waals surface area (Å²) in [5.74, 6) is 0. The SMILES string of the molecule is O.O.O.O.O.O.O.O.O.O.O.O.O.O.OB(O)O.[NaH]. The minimum atomic E-state index is -2.17. The first-order valence-electron chi connectivity index (χ1n) is 0.775. The van der Waals surface area contributed by atoms with Gasteiger partial charge in [0.25, 0.3) is 0 Å². The Kier molecular flexibility index (Phi) is 14600. The molecular formula is H32BNaO17. The molecule has 31 N–H and O–H groups in total. The number of rotatable bonds is 0. The average Bonchev–Trinajstić information content (AvgIpc) is 0.811. The van der Waals surface area contributed by atoms with Crippen molar-refractivity contribution in [3.05, 3.63) is 0 Å². The van der Waals surface area contributed by atoms with Crippen LogP contribution in [0.3, 0.4) is 0 Å². The van der Waals surface area contributed by atoms with Crippen molar-refractivity contribution >= 4 is 36.9 Å². The van der Waals surface area contributed by atoms with E-state index in [0.717, 1.165) is 0 Å². The Balaban J connectivity index is -0.000000000429. The van der Waals surface area contributed by atoms with Gasteiger partial charge in [-0.3, -0.25) is 0 Å². The van der Waals surface area contributed by atoms with E-state index in [1.807, 2.05) is 0 Å². The normalized spacial score (nSPS) is 1.42. The van der Waals surface area contributed by atoms with Gasteiger partial charge in [-0.25, -0.2) is 0 Å². The van der Waals surface area contributed by atoms with Crippen molar-refractivity contribution in [3.63, 3.8) is 0 Å². The Hall–Kier alpha value is 0.385. The first kappa shape index (κ1) is 572. The number of hydrogen-bond acceptors (Lipinski definition) is 3. The van der Waals surface area contributed by atoms with Crippen LogP contribution in [0, 0.1) is 0 Å². The molecule has 138 valence electrons. The van der Waals surface area contributed by atoms with Crippen LogP contribution in [-0.2, 0) is 0 Å². The molecule has 0 radical (unpaired) electrons. The summed E-state index contributed by atoms with van der Waals surface area (Å²) in [5.41, 5.74) is 0. The van der Waals surface area contributed by atoms with Crippen LogP contribution in [0.4, 0.5) is 0 Å². The molecule has 0 aromatic heterocycles. The van der Waals surface area contributed by atoms with Crippen molar-refractivity contribution in [1.82, 2.24) is 0 Å². The molecule has 0 saturated heterocycles. The van der Waals surface area contributed by atoms with Crippen molar-refractivity contribution < 1.29 is 91.7 Å². The van der Waals surface area contributed by atoms with Crippen LogP contribution in [0.2, 0.25) is 0 Å². The molecule has 0 bridgehead atoms. The van der Waals surface area contributed by atoms with Gasteiger partial charge in [-0.2, -0.15) is 0 Å². The maximum atomic E-state index is 7.17. The minimum absolute atomic E-state index is 0. The van der Waals surface area contributed by atoms with E-state index in [-0.39, 0.29) is 106 Å². The van der Waals surface area contributed by atoms with E-state index in [4.69, 9.17) is 15.1 Å². The molecule has 0 atom stereocenters. The molecule has 0 amide bonds. The molecule has 0 fully saturated rings. The van der Waals surface area contributed by atoms with E-state index in [1.165, 1.54) is 0 Å². The molecule has 17 nitrogen and oxygen atoms in total. The molecule has 0 spiro atoms. The zero-order valence-electron chi connectivity index (χ0n) is 8.92. The Morgan fingerprint density at radius 3 is 0.316 bits per heavy atom. The van der Waals surface area contributed by atoms with E-state index < -0.39 is 7.32 Å². The fourth-order valence-electron chi connectivity index (χ4n) is 0. The summed E-state index contributed by atoms with van der Waals surface area (Å²) in [7, 11) is -2.17. The van der Waals surface area contributed by atoms with Crippen LogP contribution >= 0.6 is 0 Å². The van der Waals surface area contributed by atoms with Gasteiger partial charge in [0, 0.05) is 0 Å². The van der Waals surface area contributed by atoms with Gasteiger partial charge in [-0.1, -0.05) is 0 Å². The quantitative estimate of drug-likeness (QED) is 0.362. The van der Waals surface area contributed by atoms with Crippen LogP contribution in [0.25, 0.3) is 0 Å². The van der Waals surface area contributed by atoms with Crippen molar-refractivity contribution in [1.29, 1.82) is 0 Å². The van der Waals surface area contributed by atoms with Crippen molar-refractivity contribution in [3.8, 4) is 0 Å². The van der Waals surface area contributed by atoms with E-state index in [9.17, 15) is 0 Å². The summed E-state index contributed by atoms with van der Waals surface area (Å²) in [5, 5.41) is 21.5. The van der Waals surface area contributed by atoms with Gasteiger partial charge in [-0.05, 0) is 0 Å². The van der Waals surface area contributed by atoms with Crippen LogP contribution in [0.1, 0.15) is 0 Å². The Bertz CT molecular complexity index is 16.0. The van der Waals surface area contributed by atoms with Gasteiger partial charge in [0.1, 0.15) is 0 Å². The summed E-state index contributed by atoms with van der Waals surface area (Å²) in [6.45, 7) is 0. The molecular weight excluding hydrogens is 306 g/mol. The average molecular weight is 338 g/mol. The number of hydrogen-bond donors (Lipinski definition) is 3. The Morgan fingerprint density at radius 1 is 0.316 bits per heavy atom. The predicted octanol–water partition coefficient (Wildman–Crippen LogP) is -14.2. The third-order valence-corrected chi connectivity index (χ3v) is 0. The molecule has 0 unspecified atom stereocenters. The summed E-state index contributed by atoms with van der Waals surface area (Å²) < 4.78 is 0. The van der Waals surface area contributed by atoms with Gasteiger partial charge in [0.15, 0.2) is 0 Å². The van der Waals surface area contributed by atoms with Gasteiger partial charge in [0.05, 0.1) is 0 Å². The second-order valence-electron chi connectivity index (χ2n) is 0.346. The van der Waals surface area contributed by atoms with Crippen molar-refractivity contribution in [2.75, 3.05) is 0 Å². The fraction of sp³-hybridized carbons (Fsp3) is 0. The molecule has 0 saturated carbocycles. The van der Waals surface area contributed by atoms with Crippen molar-refractivity contribution in [2.45, 2.75) is 0 Å². The second kappa shape index (κ2) is 485. The third kappa shape index (κ3) is 33300. The van der Waals surface area contributed by atoms with Crippen LogP contribution in [0.5, 0.6) is 0 Å². The van der Waals surface area contributed by atoms with E-state index in [0.29, 0.717) is 0 Å². The maximum absolute atomic E-state index is 7.17. The predicted molar refractivity (Wildman–Crippen MR) is 70.2 cm³/mol. The van der Waals surface area contributed by atoms with E-state index in [1.54, 1.807) is 0 Å². The molecule has 0 aromatic carbocycles. The first-order chi connectivity index (χ1) is 1.73. The summed E-state index contributed by atoms with van der Waals surface area (Å²) in [6.07, 6.45) is 0. The molecule has 19 heteroatoms. The standard InChI is InChI=1S/BH3O3.Na.14H2O.H/c2-1(3)4;;;;;;;;;;;;;;;;/h2-4H;;14*1H2;. The monoisotopic (exact) mass is 338 g/mol. The molecule has 0 aliphatic carbocycles.